The van der Waals surface area contributed by atoms with Gasteiger partial charge >= 0.3 is 0 Å². The maximum atomic E-state index is 12.0. The number of nitrogens with one attached hydrogen (secondary N) is 1. The molecule has 0 radical (unpaired) electrons. The van der Waals surface area contributed by atoms with Gasteiger partial charge in [0, 0.05) is 17.1 Å². The van der Waals surface area contributed by atoms with Crippen LogP contribution in [-0.4, -0.2) is 29.7 Å². The molecule has 128 valence electrons. The van der Waals surface area contributed by atoms with Crippen LogP contribution in [0.3, 0.4) is 0 Å². The molecule has 4 nitrogen and oxygen atoms in total. The van der Waals surface area contributed by atoms with Gasteiger partial charge in [-0.3, -0.25) is 4.79 Å². The van der Waals surface area contributed by atoms with Gasteiger partial charge in [-0.1, -0.05) is 60.2 Å². The van der Waals surface area contributed by atoms with E-state index in [1.54, 1.807) is 0 Å². The number of aliphatic hydroxyl groups excluding tert-OH is 1. The van der Waals surface area contributed by atoms with E-state index in [-0.39, 0.29) is 5.91 Å². The first-order valence-electron chi connectivity index (χ1n) is 8.52. The molecule has 2 atom stereocenters. The van der Waals surface area contributed by atoms with Crippen molar-refractivity contribution in [1.29, 1.82) is 0 Å². The summed E-state index contributed by atoms with van der Waals surface area (Å²) >= 11 is 3.40. The van der Waals surface area contributed by atoms with Crippen LogP contribution in [-0.2, 0) is 11.2 Å². The molecule has 0 spiro atoms. The number of halogens is 1. The van der Waals surface area contributed by atoms with E-state index < -0.39 is 12.1 Å². The predicted octanol–water partition coefficient (Wildman–Crippen LogP) is 2.77. The number of amides is 1. The SMILES string of the molecule is N[C@H](CC1CCCCC1)C(O)C(=O)NCCc1ccc(Br)cc1. The summed E-state index contributed by atoms with van der Waals surface area (Å²) < 4.78 is 1.04. The van der Waals surface area contributed by atoms with Crippen LogP contribution in [0.15, 0.2) is 28.7 Å². The third kappa shape index (κ3) is 6.24. The second-order valence-electron chi connectivity index (χ2n) is 6.52. The molecular weight excluding hydrogens is 356 g/mol. The van der Waals surface area contributed by atoms with E-state index in [0.717, 1.165) is 22.9 Å². The van der Waals surface area contributed by atoms with Gasteiger partial charge in [0.15, 0.2) is 0 Å². The number of aliphatic hydroxyl groups is 1. The first-order chi connectivity index (χ1) is 11.1. The van der Waals surface area contributed by atoms with E-state index in [2.05, 4.69) is 21.2 Å². The van der Waals surface area contributed by atoms with Crippen LogP contribution >= 0.6 is 15.9 Å². The lowest BCUT2D eigenvalue weighted by Crippen LogP contribution is -2.47. The van der Waals surface area contributed by atoms with Gasteiger partial charge in [0.05, 0.1) is 0 Å². The minimum absolute atomic E-state index is 0.356. The van der Waals surface area contributed by atoms with Crippen LogP contribution in [0.4, 0.5) is 0 Å². The maximum Gasteiger partial charge on any atom is 0.250 e. The predicted molar refractivity (Wildman–Crippen MR) is 96.0 cm³/mol. The van der Waals surface area contributed by atoms with E-state index >= 15 is 0 Å². The summed E-state index contributed by atoms with van der Waals surface area (Å²) in [7, 11) is 0. The topological polar surface area (TPSA) is 75.3 Å². The van der Waals surface area contributed by atoms with Crippen LogP contribution in [0.2, 0.25) is 0 Å². The first-order valence-corrected chi connectivity index (χ1v) is 9.31. The van der Waals surface area contributed by atoms with Gasteiger partial charge in [-0.15, -0.1) is 0 Å². The van der Waals surface area contributed by atoms with E-state index in [0.29, 0.717) is 12.5 Å². The molecule has 4 N–H and O–H groups in total. The summed E-state index contributed by atoms with van der Waals surface area (Å²) in [6.07, 6.45) is 6.49. The average Bonchev–Trinajstić information content (AvgIpc) is 2.56. The van der Waals surface area contributed by atoms with Gasteiger partial charge in [0.1, 0.15) is 6.10 Å². The van der Waals surface area contributed by atoms with Gasteiger partial charge in [0.2, 0.25) is 5.91 Å². The molecule has 0 aromatic heterocycles. The monoisotopic (exact) mass is 382 g/mol. The Morgan fingerprint density at radius 3 is 2.57 bits per heavy atom. The molecule has 1 unspecified atom stereocenters. The number of hydrogen-bond acceptors (Lipinski definition) is 3. The first kappa shape index (κ1) is 18.4. The molecule has 23 heavy (non-hydrogen) atoms. The van der Waals surface area contributed by atoms with Crippen molar-refractivity contribution >= 4 is 21.8 Å². The smallest absolute Gasteiger partial charge is 0.250 e. The Bertz CT molecular complexity index is 486. The second-order valence-corrected chi connectivity index (χ2v) is 7.43. The van der Waals surface area contributed by atoms with Crippen LogP contribution in [0, 0.1) is 5.92 Å². The zero-order chi connectivity index (χ0) is 16.7. The molecule has 0 aliphatic heterocycles. The molecular formula is C18H27BrN2O2. The number of hydrogen-bond donors (Lipinski definition) is 3. The van der Waals surface area contributed by atoms with Gasteiger partial charge in [-0.2, -0.15) is 0 Å². The highest BCUT2D eigenvalue weighted by molar-refractivity contribution is 9.10. The van der Waals surface area contributed by atoms with Crippen LogP contribution < -0.4 is 11.1 Å². The van der Waals surface area contributed by atoms with Crippen LogP contribution in [0.5, 0.6) is 0 Å². The number of rotatable bonds is 7. The van der Waals surface area contributed by atoms with E-state index in [4.69, 9.17) is 5.73 Å². The summed E-state index contributed by atoms with van der Waals surface area (Å²) in [4.78, 5) is 12.0. The molecule has 1 saturated carbocycles. The lowest BCUT2D eigenvalue weighted by atomic mass is 9.84. The summed E-state index contributed by atoms with van der Waals surface area (Å²) in [5, 5.41) is 12.9. The Morgan fingerprint density at radius 2 is 1.91 bits per heavy atom. The number of carbonyl (C=O) groups is 1. The fourth-order valence-electron chi connectivity index (χ4n) is 3.22. The van der Waals surface area contributed by atoms with Crippen LogP contribution in [0.1, 0.15) is 44.1 Å². The highest BCUT2D eigenvalue weighted by atomic mass is 79.9. The van der Waals surface area contributed by atoms with E-state index in [1.165, 1.54) is 32.1 Å². The Morgan fingerprint density at radius 1 is 1.26 bits per heavy atom. The molecule has 1 amide bonds. The second kappa shape index (κ2) is 9.40. The highest BCUT2D eigenvalue weighted by Gasteiger charge is 2.26. The normalized spacial score (nSPS) is 18.4. The molecule has 1 aromatic carbocycles. The van der Waals surface area contributed by atoms with E-state index in [9.17, 15) is 9.90 Å². The van der Waals surface area contributed by atoms with Crippen molar-refractivity contribution < 1.29 is 9.90 Å². The quantitative estimate of drug-likeness (QED) is 0.678. The Labute approximate surface area is 147 Å². The van der Waals surface area contributed by atoms with Gasteiger partial charge in [0.25, 0.3) is 0 Å². The van der Waals surface area contributed by atoms with Gasteiger partial charge in [-0.25, -0.2) is 0 Å². The molecule has 1 aliphatic rings. The van der Waals surface area contributed by atoms with Crippen LogP contribution in [0.25, 0.3) is 0 Å². The van der Waals surface area contributed by atoms with Crippen molar-refractivity contribution in [1.82, 2.24) is 5.32 Å². The number of carbonyl (C=O) groups excluding carboxylic acids is 1. The highest BCUT2D eigenvalue weighted by Crippen LogP contribution is 2.27. The van der Waals surface area contributed by atoms with E-state index in [1.807, 2.05) is 24.3 Å². The standard InChI is InChI=1S/C18H27BrN2O2/c19-15-8-6-13(7-9-15)10-11-21-18(23)17(22)16(20)12-14-4-2-1-3-5-14/h6-9,14,16-17,22H,1-5,10-12,20H2,(H,21,23)/t16-,17?/m1/s1. The van der Waals surface area contributed by atoms with Crippen molar-refractivity contribution in [3.63, 3.8) is 0 Å². The lowest BCUT2D eigenvalue weighted by molar-refractivity contribution is -0.130. The molecule has 5 heteroatoms. The summed E-state index contributed by atoms with van der Waals surface area (Å²) in [6, 6.07) is 7.52. The summed E-state index contributed by atoms with van der Waals surface area (Å²) in [5.74, 6) is 0.203. The Balaban J connectivity index is 1.69. The van der Waals surface area contributed by atoms with Gasteiger partial charge in [-0.05, 0) is 36.5 Å². The molecule has 1 aliphatic carbocycles. The van der Waals surface area contributed by atoms with Crippen molar-refractivity contribution in [2.75, 3.05) is 6.54 Å². The molecule has 0 saturated heterocycles. The minimum atomic E-state index is -1.11. The lowest BCUT2D eigenvalue weighted by Gasteiger charge is -2.26. The molecule has 1 aromatic rings. The fourth-order valence-corrected chi connectivity index (χ4v) is 3.48. The van der Waals surface area contributed by atoms with Crippen molar-refractivity contribution in [3.8, 4) is 0 Å². The maximum absolute atomic E-state index is 12.0. The number of benzene rings is 1. The summed E-state index contributed by atoms with van der Waals surface area (Å²) in [6.45, 7) is 0.508. The van der Waals surface area contributed by atoms with Gasteiger partial charge < -0.3 is 16.2 Å². The minimum Gasteiger partial charge on any atom is -0.382 e. The third-order valence-corrected chi connectivity index (χ3v) is 5.16. The largest absolute Gasteiger partial charge is 0.382 e. The van der Waals surface area contributed by atoms with Crippen molar-refractivity contribution in [2.24, 2.45) is 11.7 Å². The number of nitrogens with two attached hydrogens (primary N) is 1. The van der Waals surface area contributed by atoms with Crippen molar-refractivity contribution in [3.05, 3.63) is 34.3 Å². The molecule has 0 heterocycles. The average molecular weight is 383 g/mol. The zero-order valence-electron chi connectivity index (χ0n) is 13.5. The molecule has 2 rings (SSSR count). The fraction of sp³-hybridized carbons (Fsp3) is 0.611. The Hall–Kier alpha value is -0.910. The Kier molecular flexibility index (Phi) is 7.53. The molecule has 0 bridgehead atoms. The zero-order valence-corrected chi connectivity index (χ0v) is 15.1. The summed E-state index contributed by atoms with van der Waals surface area (Å²) in [5.41, 5.74) is 7.18. The molecule has 1 fully saturated rings. The van der Waals surface area contributed by atoms with Crippen molar-refractivity contribution in [2.45, 2.75) is 57.1 Å². The third-order valence-electron chi connectivity index (χ3n) is 4.63.